The molecular weight excluding hydrogens is 178 g/mol. The lowest BCUT2D eigenvalue weighted by Crippen LogP contribution is -2.39. The van der Waals surface area contributed by atoms with Crippen LogP contribution in [0.2, 0.25) is 0 Å². The minimum atomic E-state index is 0.272. The summed E-state index contributed by atoms with van der Waals surface area (Å²) in [4.78, 5) is 15.9. The van der Waals surface area contributed by atoms with Crippen molar-refractivity contribution in [2.75, 3.05) is 32.8 Å². The van der Waals surface area contributed by atoms with Gasteiger partial charge in [-0.15, -0.1) is 0 Å². The van der Waals surface area contributed by atoms with E-state index >= 15 is 0 Å². The molecule has 0 radical (unpaired) electrons. The van der Waals surface area contributed by atoms with E-state index in [1.807, 2.05) is 4.90 Å². The molecule has 0 aliphatic carbocycles. The van der Waals surface area contributed by atoms with Gasteiger partial charge in [0.25, 0.3) is 0 Å². The summed E-state index contributed by atoms with van der Waals surface area (Å²) < 4.78 is 0. The minimum Gasteiger partial charge on any atom is -0.324 e. The molecule has 0 aromatic rings. The first kappa shape index (κ1) is 9.93. The summed E-state index contributed by atoms with van der Waals surface area (Å²) in [5.74, 6) is 0.272. The van der Waals surface area contributed by atoms with E-state index in [1.165, 1.54) is 13.0 Å². The lowest BCUT2D eigenvalue weighted by atomic mass is 10.2. The van der Waals surface area contributed by atoms with E-state index in [2.05, 4.69) is 17.1 Å². The molecule has 0 bridgehead atoms. The first-order valence-electron chi connectivity index (χ1n) is 5.54. The maximum atomic E-state index is 11.5. The Kier molecular flexibility index (Phi) is 3.03. The van der Waals surface area contributed by atoms with Crippen LogP contribution >= 0.6 is 0 Å². The van der Waals surface area contributed by atoms with E-state index in [-0.39, 0.29) is 5.91 Å². The molecule has 1 atom stereocenters. The lowest BCUT2D eigenvalue weighted by Gasteiger charge is -2.23. The fourth-order valence-corrected chi connectivity index (χ4v) is 2.39. The largest absolute Gasteiger partial charge is 0.324 e. The van der Waals surface area contributed by atoms with Gasteiger partial charge < -0.3 is 9.80 Å². The number of carbonyl (C=O) groups excluding carboxylic acids is 1. The summed E-state index contributed by atoms with van der Waals surface area (Å²) in [6.45, 7) is 6.89. The fourth-order valence-electron chi connectivity index (χ4n) is 2.39. The van der Waals surface area contributed by atoms with Crippen molar-refractivity contribution < 1.29 is 4.79 Å². The Morgan fingerprint density at radius 1 is 1.57 bits per heavy atom. The number of rotatable bonds is 3. The molecule has 0 aromatic carbocycles. The third-order valence-electron chi connectivity index (χ3n) is 3.11. The monoisotopic (exact) mass is 197 g/mol. The van der Waals surface area contributed by atoms with Crippen molar-refractivity contribution in [3.63, 3.8) is 0 Å². The van der Waals surface area contributed by atoms with Crippen LogP contribution < -0.4 is 5.32 Å². The molecule has 0 spiro atoms. The molecule has 2 rings (SSSR count). The van der Waals surface area contributed by atoms with Crippen LogP contribution in [0.1, 0.15) is 19.8 Å². The van der Waals surface area contributed by atoms with Gasteiger partial charge in [0.1, 0.15) is 0 Å². The summed E-state index contributed by atoms with van der Waals surface area (Å²) in [6, 6.07) is 0.462. The van der Waals surface area contributed by atoms with Crippen molar-refractivity contribution in [3.05, 3.63) is 0 Å². The molecule has 14 heavy (non-hydrogen) atoms. The van der Waals surface area contributed by atoms with Gasteiger partial charge in [0, 0.05) is 19.1 Å². The number of hydrogen-bond donors (Lipinski definition) is 1. The molecular formula is C10H19N3O. The topological polar surface area (TPSA) is 35.6 Å². The number of likely N-dealkylation sites (tertiary alicyclic amines) is 1. The Morgan fingerprint density at radius 2 is 2.43 bits per heavy atom. The molecule has 1 amide bonds. The van der Waals surface area contributed by atoms with Crippen LogP contribution in [0.3, 0.4) is 0 Å². The van der Waals surface area contributed by atoms with E-state index in [0.29, 0.717) is 12.6 Å². The lowest BCUT2D eigenvalue weighted by molar-refractivity contribution is -0.128. The van der Waals surface area contributed by atoms with Crippen molar-refractivity contribution in [1.82, 2.24) is 15.1 Å². The first-order chi connectivity index (χ1) is 6.81. The Balaban J connectivity index is 1.85. The van der Waals surface area contributed by atoms with Gasteiger partial charge in [-0.05, 0) is 19.4 Å². The van der Waals surface area contributed by atoms with Gasteiger partial charge in [-0.1, -0.05) is 6.92 Å². The zero-order chi connectivity index (χ0) is 9.97. The molecule has 80 valence electrons. The first-order valence-corrected chi connectivity index (χ1v) is 5.54. The summed E-state index contributed by atoms with van der Waals surface area (Å²) in [6.07, 6.45) is 2.35. The van der Waals surface area contributed by atoms with E-state index in [4.69, 9.17) is 0 Å². The van der Waals surface area contributed by atoms with Gasteiger partial charge in [0.2, 0.25) is 5.91 Å². The van der Waals surface area contributed by atoms with E-state index in [9.17, 15) is 4.79 Å². The highest BCUT2D eigenvalue weighted by atomic mass is 16.2. The predicted molar refractivity (Wildman–Crippen MR) is 54.9 cm³/mol. The van der Waals surface area contributed by atoms with Gasteiger partial charge in [-0.2, -0.15) is 0 Å². The average molecular weight is 197 g/mol. The van der Waals surface area contributed by atoms with Crippen molar-refractivity contribution in [2.24, 2.45) is 0 Å². The zero-order valence-corrected chi connectivity index (χ0v) is 8.83. The van der Waals surface area contributed by atoms with Crippen molar-refractivity contribution >= 4 is 5.91 Å². The molecule has 0 aromatic heterocycles. The molecule has 1 N–H and O–H groups in total. The molecule has 2 fully saturated rings. The molecule has 2 aliphatic rings. The third-order valence-corrected chi connectivity index (χ3v) is 3.11. The van der Waals surface area contributed by atoms with Crippen LogP contribution in [0.15, 0.2) is 0 Å². The van der Waals surface area contributed by atoms with Gasteiger partial charge >= 0.3 is 0 Å². The molecule has 2 saturated heterocycles. The predicted octanol–water partition coefficient (Wildman–Crippen LogP) is -0.140. The summed E-state index contributed by atoms with van der Waals surface area (Å²) in [5, 5.41) is 3.10. The molecule has 0 saturated carbocycles. The summed E-state index contributed by atoms with van der Waals surface area (Å²) >= 11 is 0. The second kappa shape index (κ2) is 4.28. The molecule has 4 heteroatoms. The Hall–Kier alpha value is -0.610. The number of nitrogens with zero attached hydrogens (tertiary/aromatic N) is 2. The average Bonchev–Trinajstić information content (AvgIpc) is 2.74. The van der Waals surface area contributed by atoms with Gasteiger partial charge in [-0.3, -0.25) is 10.1 Å². The van der Waals surface area contributed by atoms with Crippen LogP contribution in [0.5, 0.6) is 0 Å². The van der Waals surface area contributed by atoms with Gasteiger partial charge in [0.05, 0.1) is 13.2 Å². The molecule has 4 nitrogen and oxygen atoms in total. The van der Waals surface area contributed by atoms with Crippen LogP contribution in [0.25, 0.3) is 0 Å². The van der Waals surface area contributed by atoms with Crippen LogP contribution in [0.4, 0.5) is 0 Å². The molecule has 2 aliphatic heterocycles. The Morgan fingerprint density at radius 3 is 3.07 bits per heavy atom. The number of amides is 1. The summed E-state index contributed by atoms with van der Waals surface area (Å²) in [5.41, 5.74) is 0. The highest BCUT2D eigenvalue weighted by Gasteiger charge is 2.32. The summed E-state index contributed by atoms with van der Waals surface area (Å²) in [7, 11) is 0. The number of carbonyl (C=O) groups is 1. The van der Waals surface area contributed by atoms with Crippen LogP contribution in [0, 0.1) is 0 Å². The standard InChI is InChI=1S/C10H19N3O/c1-2-4-12-5-3-9(7-12)13-8-11-6-10(13)14/h9,11H,2-8H2,1H3. The van der Waals surface area contributed by atoms with Gasteiger partial charge in [-0.25, -0.2) is 0 Å². The maximum absolute atomic E-state index is 11.5. The van der Waals surface area contributed by atoms with Crippen LogP contribution in [-0.2, 0) is 4.79 Å². The second-order valence-electron chi connectivity index (χ2n) is 4.19. The zero-order valence-electron chi connectivity index (χ0n) is 8.83. The maximum Gasteiger partial charge on any atom is 0.237 e. The normalized spacial score (nSPS) is 29.1. The third kappa shape index (κ3) is 1.91. The van der Waals surface area contributed by atoms with E-state index in [0.717, 1.165) is 26.2 Å². The van der Waals surface area contributed by atoms with Crippen LogP contribution in [-0.4, -0.2) is 54.6 Å². The SMILES string of the molecule is CCCN1CCC(N2CNCC2=O)C1. The highest BCUT2D eigenvalue weighted by molar-refractivity contribution is 5.80. The number of nitrogens with one attached hydrogen (secondary N) is 1. The van der Waals surface area contributed by atoms with Crippen molar-refractivity contribution in [3.8, 4) is 0 Å². The van der Waals surface area contributed by atoms with E-state index in [1.54, 1.807) is 0 Å². The second-order valence-corrected chi connectivity index (χ2v) is 4.19. The Labute approximate surface area is 85.2 Å². The Bertz CT molecular complexity index is 219. The van der Waals surface area contributed by atoms with Gasteiger partial charge in [0.15, 0.2) is 0 Å². The quantitative estimate of drug-likeness (QED) is 0.684. The molecule has 2 heterocycles. The van der Waals surface area contributed by atoms with E-state index < -0.39 is 0 Å². The fraction of sp³-hybridized carbons (Fsp3) is 0.900. The highest BCUT2D eigenvalue weighted by Crippen LogP contribution is 2.16. The molecule has 1 unspecified atom stereocenters. The number of hydrogen-bond acceptors (Lipinski definition) is 3. The minimum absolute atomic E-state index is 0.272. The van der Waals surface area contributed by atoms with Crippen molar-refractivity contribution in [2.45, 2.75) is 25.8 Å². The smallest absolute Gasteiger partial charge is 0.237 e. The van der Waals surface area contributed by atoms with Crippen molar-refractivity contribution in [1.29, 1.82) is 0 Å².